The second-order valence-corrected chi connectivity index (χ2v) is 2.83. The van der Waals surface area contributed by atoms with E-state index < -0.39 is 0 Å². The molecule has 0 aliphatic carbocycles. The van der Waals surface area contributed by atoms with Crippen LogP contribution in [-0.2, 0) is 9.47 Å². The van der Waals surface area contributed by atoms with Crippen molar-refractivity contribution in [3.63, 3.8) is 0 Å². The highest BCUT2D eigenvalue weighted by Gasteiger charge is 2.13. The highest BCUT2D eigenvalue weighted by Crippen LogP contribution is 2.04. The van der Waals surface area contributed by atoms with Gasteiger partial charge >= 0.3 is 0 Å². The lowest BCUT2D eigenvalue weighted by Gasteiger charge is -1.79. The van der Waals surface area contributed by atoms with E-state index in [1.165, 1.54) is 0 Å². The Kier molecular flexibility index (Phi) is 21.2. The molecule has 88 valence electrons. The zero-order valence-corrected chi connectivity index (χ0v) is 13.2. The molecule has 0 amide bonds. The number of halogens is 2. The van der Waals surface area contributed by atoms with Gasteiger partial charge in [-0.1, -0.05) is 13.3 Å². The SMILES string of the molecule is C1CO1.CC1CO1.CCCCO.II. The number of hydrogen-bond donors (Lipinski definition) is 1. The Balaban J connectivity index is 0. The monoisotopic (exact) mass is 430 g/mol. The largest absolute Gasteiger partial charge is 0.396 e. The molecule has 0 radical (unpaired) electrons. The summed E-state index contributed by atoms with van der Waals surface area (Å²) in [7, 11) is 0. The summed E-state index contributed by atoms with van der Waals surface area (Å²) < 4.78 is 9.21. The van der Waals surface area contributed by atoms with Crippen LogP contribution in [-0.4, -0.2) is 37.6 Å². The first-order chi connectivity index (χ1) is 6.81. The number of aliphatic hydroxyl groups excluding tert-OH is 1. The maximum atomic E-state index is 8.07. The summed E-state index contributed by atoms with van der Waals surface area (Å²) in [5.74, 6) is 0. The molecule has 14 heavy (non-hydrogen) atoms. The minimum atomic E-state index is 0.344. The summed E-state index contributed by atoms with van der Waals surface area (Å²) in [6, 6.07) is 0. The minimum Gasteiger partial charge on any atom is -0.396 e. The van der Waals surface area contributed by atoms with Crippen LogP contribution < -0.4 is 0 Å². The van der Waals surface area contributed by atoms with Gasteiger partial charge in [-0.25, -0.2) is 0 Å². The third-order valence-corrected chi connectivity index (χ3v) is 1.22. The van der Waals surface area contributed by atoms with Crippen molar-refractivity contribution in [1.29, 1.82) is 0 Å². The fourth-order valence-electron chi connectivity index (χ4n) is 0.254. The second-order valence-electron chi connectivity index (χ2n) is 2.83. The minimum absolute atomic E-state index is 0.344. The number of rotatable bonds is 2. The van der Waals surface area contributed by atoms with Gasteiger partial charge < -0.3 is 14.6 Å². The predicted octanol–water partition coefficient (Wildman–Crippen LogP) is 2.97. The summed E-state index contributed by atoms with van der Waals surface area (Å²) in [6.45, 7) is 7.44. The van der Waals surface area contributed by atoms with Crippen LogP contribution in [0.15, 0.2) is 0 Å². The zero-order chi connectivity index (χ0) is 11.2. The predicted molar refractivity (Wildman–Crippen MR) is 76.3 cm³/mol. The normalized spacial score (nSPS) is 19.9. The van der Waals surface area contributed by atoms with Crippen molar-refractivity contribution in [2.45, 2.75) is 32.8 Å². The van der Waals surface area contributed by atoms with E-state index in [-0.39, 0.29) is 0 Å². The van der Waals surface area contributed by atoms with Crippen LogP contribution in [0.3, 0.4) is 0 Å². The first-order valence-corrected chi connectivity index (χ1v) is 11.0. The summed E-state index contributed by atoms with van der Waals surface area (Å²) in [5, 5.41) is 8.07. The molecule has 3 nitrogen and oxygen atoms in total. The van der Waals surface area contributed by atoms with E-state index in [9.17, 15) is 0 Å². The molecule has 2 rings (SSSR count). The maximum Gasteiger partial charge on any atom is 0.0781 e. The average molecular weight is 430 g/mol. The number of epoxide rings is 2. The van der Waals surface area contributed by atoms with Gasteiger partial charge in [-0.05, 0) is 13.3 Å². The molecular formula is C9H20I2O3. The molecule has 0 aromatic heterocycles. The average Bonchev–Trinajstić information content (AvgIpc) is 3.05. The molecule has 0 aromatic rings. The molecule has 5 heteroatoms. The van der Waals surface area contributed by atoms with Crippen LogP contribution in [0.25, 0.3) is 0 Å². The smallest absolute Gasteiger partial charge is 0.0781 e. The van der Waals surface area contributed by atoms with Crippen LogP contribution in [0.2, 0.25) is 0 Å². The molecule has 2 fully saturated rings. The third kappa shape index (κ3) is 37.7. The van der Waals surface area contributed by atoms with Crippen molar-refractivity contribution in [1.82, 2.24) is 0 Å². The van der Waals surface area contributed by atoms with Crippen LogP contribution >= 0.6 is 37.2 Å². The van der Waals surface area contributed by atoms with Gasteiger partial charge in [-0.15, -0.1) is 0 Å². The first-order valence-electron chi connectivity index (χ1n) is 4.75. The molecule has 0 aromatic carbocycles. The lowest BCUT2D eigenvalue weighted by Crippen LogP contribution is -1.75. The molecule has 1 unspecified atom stereocenters. The Labute approximate surface area is 110 Å². The molecular weight excluding hydrogens is 410 g/mol. The van der Waals surface area contributed by atoms with E-state index >= 15 is 0 Å². The van der Waals surface area contributed by atoms with Crippen molar-refractivity contribution in [2.24, 2.45) is 0 Å². The summed E-state index contributed by atoms with van der Waals surface area (Å²) in [4.78, 5) is 0. The van der Waals surface area contributed by atoms with Gasteiger partial charge in [-0.2, -0.15) is 0 Å². The Morgan fingerprint density at radius 2 is 1.71 bits per heavy atom. The number of unbranched alkanes of at least 4 members (excludes halogenated alkanes) is 1. The number of ether oxygens (including phenoxy) is 2. The summed E-state index contributed by atoms with van der Waals surface area (Å²) >= 11 is 4.24. The van der Waals surface area contributed by atoms with Crippen molar-refractivity contribution < 1.29 is 14.6 Å². The standard InChI is InChI=1S/C4H10O.C3H6O.C2H4O.I2/c1-2-3-4-5;1-3-2-4-3;1-2-3-1;1-2/h5H,2-4H2,1H3;3H,2H2,1H3;1-2H2;. The van der Waals surface area contributed by atoms with Crippen LogP contribution in [0.4, 0.5) is 0 Å². The van der Waals surface area contributed by atoms with E-state index in [1.807, 2.05) is 0 Å². The van der Waals surface area contributed by atoms with E-state index in [2.05, 4.69) is 55.8 Å². The Bertz CT molecular complexity index is 83.4. The van der Waals surface area contributed by atoms with Gasteiger partial charge in [0.25, 0.3) is 0 Å². The van der Waals surface area contributed by atoms with Crippen molar-refractivity contribution in [3.05, 3.63) is 0 Å². The maximum absolute atomic E-state index is 8.07. The lowest BCUT2D eigenvalue weighted by molar-refractivity contribution is 0.287. The van der Waals surface area contributed by atoms with Gasteiger partial charge in [-0.3, -0.25) is 0 Å². The van der Waals surface area contributed by atoms with E-state index in [0.717, 1.165) is 32.7 Å². The van der Waals surface area contributed by atoms with Crippen LogP contribution in [0.5, 0.6) is 0 Å². The topological polar surface area (TPSA) is 45.3 Å². The summed E-state index contributed by atoms with van der Waals surface area (Å²) in [5.41, 5.74) is 0. The van der Waals surface area contributed by atoms with E-state index in [0.29, 0.717) is 12.7 Å². The quantitative estimate of drug-likeness (QED) is 0.542. The van der Waals surface area contributed by atoms with Gasteiger partial charge in [0.15, 0.2) is 0 Å². The molecule has 2 saturated heterocycles. The lowest BCUT2D eigenvalue weighted by atomic mass is 10.4. The van der Waals surface area contributed by atoms with E-state index in [1.54, 1.807) is 0 Å². The number of aliphatic hydroxyl groups is 1. The van der Waals surface area contributed by atoms with Gasteiger partial charge in [0.05, 0.1) is 25.9 Å². The van der Waals surface area contributed by atoms with Gasteiger partial charge in [0.1, 0.15) is 0 Å². The van der Waals surface area contributed by atoms with Crippen molar-refractivity contribution in [2.75, 3.05) is 26.4 Å². The Morgan fingerprint density at radius 3 is 1.71 bits per heavy atom. The molecule has 0 spiro atoms. The van der Waals surface area contributed by atoms with E-state index in [4.69, 9.17) is 9.84 Å². The van der Waals surface area contributed by atoms with Gasteiger partial charge in [0.2, 0.25) is 0 Å². The first kappa shape index (κ1) is 17.7. The molecule has 2 aliphatic rings. The fourth-order valence-corrected chi connectivity index (χ4v) is 0.254. The zero-order valence-electron chi connectivity index (χ0n) is 8.84. The summed E-state index contributed by atoms with van der Waals surface area (Å²) in [6.07, 6.45) is 2.62. The van der Waals surface area contributed by atoms with Crippen molar-refractivity contribution in [3.8, 4) is 0 Å². The highest BCUT2D eigenvalue weighted by molar-refractivity contribution is 15.0. The Hall–Kier alpha value is 1.34. The molecule has 0 saturated carbocycles. The van der Waals surface area contributed by atoms with Crippen LogP contribution in [0.1, 0.15) is 26.7 Å². The van der Waals surface area contributed by atoms with Crippen molar-refractivity contribution >= 4 is 37.2 Å². The molecule has 1 atom stereocenters. The number of hydrogen-bond acceptors (Lipinski definition) is 3. The molecule has 0 bridgehead atoms. The Morgan fingerprint density at radius 1 is 1.36 bits per heavy atom. The third-order valence-electron chi connectivity index (χ3n) is 1.22. The molecule has 1 N–H and O–H groups in total. The van der Waals surface area contributed by atoms with Crippen LogP contribution in [0, 0.1) is 0 Å². The fraction of sp³-hybridized carbons (Fsp3) is 1.00. The van der Waals surface area contributed by atoms with Gasteiger partial charge in [0, 0.05) is 43.8 Å². The highest BCUT2D eigenvalue weighted by atomic mass is 128. The molecule has 2 aliphatic heterocycles. The second kappa shape index (κ2) is 16.8. The molecule has 2 heterocycles.